The molecule has 1 saturated carbocycles. The van der Waals surface area contributed by atoms with Gasteiger partial charge in [-0.25, -0.2) is 13.1 Å². The maximum absolute atomic E-state index is 12.2. The first-order valence-electron chi connectivity index (χ1n) is 6.70. The monoisotopic (exact) mass is 284 g/mol. The summed E-state index contributed by atoms with van der Waals surface area (Å²) in [6.07, 6.45) is 8.30. The van der Waals surface area contributed by atoms with Gasteiger partial charge in [0.15, 0.2) is 0 Å². The van der Waals surface area contributed by atoms with Crippen LogP contribution in [0.4, 0.5) is 0 Å². The standard InChI is InChI=1S/C13H20N2O3S/c1-10(11-5-3-2-4-6-11)15-19(17,18)13-9-14-8-7-12(13)16/h7-11,15H,2-6H2,1H3,(H,14,16). The predicted octanol–water partition coefficient (Wildman–Crippen LogP) is 1.62. The summed E-state index contributed by atoms with van der Waals surface area (Å²) in [5.74, 6) is 0.367. The lowest BCUT2D eigenvalue weighted by Crippen LogP contribution is -2.40. The Bertz CT molecular complexity index is 574. The van der Waals surface area contributed by atoms with E-state index in [2.05, 4.69) is 9.71 Å². The second-order valence-electron chi connectivity index (χ2n) is 5.18. The number of H-pyrrole nitrogens is 1. The number of nitrogens with one attached hydrogen (secondary N) is 2. The lowest BCUT2D eigenvalue weighted by molar-refractivity contribution is 0.303. The van der Waals surface area contributed by atoms with Gasteiger partial charge in [-0.2, -0.15) is 0 Å². The molecule has 0 amide bonds. The smallest absolute Gasteiger partial charge is 0.246 e. The summed E-state index contributed by atoms with van der Waals surface area (Å²) >= 11 is 0. The number of sulfonamides is 1. The molecular formula is C13H20N2O3S. The molecule has 19 heavy (non-hydrogen) atoms. The molecule has 1 aliphatic carbocycles. The highest BCUT2D eigenvalue weighted by Crippen LogP contribution is 2.26. The van der Waals surface area contributed by atoms with Crippen molar-refractivity contribution in [1.29, 1.82) is 0 Å². The molecule has 1 aromatic heterocycles. The van der Waals surface area contributed by atoms with Crippen LogP contribution in [-0.2, 0) is 10.0 Å². The number of aromatic nitrogens is 1. The molecule has 1 heterocycles. The maximum atomic E-state index is 12.2. The van der Waals surface area contributed by atoms with E-state index in [-0.39, 0.29) is 10.9 Å². The molecule has 1 aliphatic rings. The quantitative estimate of drug-likeness (QED) is 0.882. The van der Waals surface area contributed by atoms with Gasteiger partial charge < -0.3 is 4.98 Å². The van der Waals surface area contributed by atoms with Gasteiger partial charge in [-0.15, -0.1) is 0 Å². The summed E-state index contributed by atoms with van der Waals surface area (Å²) in [6, 6.07) is 1.09. The van der Waals surface area contributed by atoms with Crippen molar-refractivity contribution in [3.63, 3.8) is 0 Å². The Balaban J connectivity index is 2.13. The van der Waals surface area contributed by atoms with Crippen LogP contribution in [0.3, 0.4) is 0 Å². The summed E-state index contributed by atoms with van der Waals surface area (Å²) in [6.45, 7) is 1.88. The highest BCUT2D eigenvalue weighted by atomic mass is 32.2. The Morgan fingerprint density at radius 1 is 1.32 bits per heavy atom. The van der Waals surface area contributed by atoms with Crippen molar-refractivity contribution >= 4 is 10.0 Å². The molecule has 0 bridgehead atoms. The van der Waals surface area contributed by atoms with Gasteiger partial charge in [-0.05, 0) is 25.7 Å². The third kappa shape index (κ3) is 3.45. The van der Waals surface area contributed by atoms with Crippen LogP contribution in [0.1, 0.15) is 39.0 Å². The summed E-state index contributed by atoms with van der Waals surface area (Å²) in [5.41, 5.74) is -0.484. The van der Waals surface area contributed by atoms with Gasteiger partial charge in [-0.1, -0.05) is 19.3 Å². The molecule has 0 radical (unpaired) electrons. The Kier molecular flexibility index (Phi) is 4.42. The van der Waals surface area contributed by atoms with E-state index in [0.29, 0.717) is 5.92 Å². The van der Waals surface area contributed by atoms with Crippen LogP contribution >= 0.6 is 0 Å². The van der Waals surface area contributed by atoms with E-state index in [4.69, 9.17) is 0 Å². The molecule has 0 aliphatic heterocycles. The largest absolute Gasteiger partial charge is 0.366 e. The molecule has 1 aromatic rings. The van der Waals surface area contributed by atoms with Crippen molar-refractivity contribution in [3.05, 3.63) is 28.7 Å². The number of pyridine rings is 1. The van der Waals surface area contributed by atoms with Gasteiger partial charge >= 0.3 is 0 Å². The third-order valence-corrected chi connectivity index (χ3v) is 5.36. The van der Waals surface area contributed by atoms with Crippen molar-refractivity contribution in [2.75, 3.05) is 0 Å². The lowest BCUT2D eigenvalue weighted by atomic mass is 9.85. The minimum atomic E-state index is -3.73. The molecule has 1 fully saturated rings. The van der Waals surface area contributed by atoms with E-state index >= 15 is 0 Å². The normalized spacial score (nSPS) is 19.2. The van der Waals surface area contributed by atoms with Gasteiger partial charge in [-0.3, -0.25) is 4.79 Å². The molecule has 2 N–H and O–H groups in total. The zero-order chi connectivity index (χ0) is 13.9. The summed E-state index contributed by atoms with van der Waals surface area (Å²) in [5, 5.41) is 0. The molecule has 0 aromatic carbocycles. The number of rotatable bonds is 4. The third-order valence-electron chi connectivity index (χ3n) is 3.78. The second kappa shape index (κ2) is 5.88. The first-order chi connectivity index (χ1) is 9.00. The van der Waals surface area contributed by atoms with E-state index in [1.54, 1.807) is 0 Å². The highest BCUT2D eigenvalue weighted by molar-refractivity contribution is 7.89. The van der Waals surface area contributed by atoms with Crippen LogP contribution in [0.25, 0.3) is 0 Å². The minimum absolute atomic E-state index is 0.134. The molecule has 6 heteroatoms. The highest BCUT2D eigenvalue weighted by Gasteiger charge is 2.26. The van der Waals surface area contributed by atoms with Crippen LogP contribution in [0.5, 0.6) is 0 Å². The Morgan fingerprint density at radius 3 is 2.63 bits per heavy atom. The Labute approximate surface area is 113 Å². The van der Waals surface area contributed by atoms with Gasteiger partial charge in [0.2, 0.25) is 15.5 Å². The van der Waals surface area contributed by atoms with Crippen LogP contribution in [0.15, 0.2) is 28.2 Å². The SMILES string of the molecule is CC(NS(=O)(=O)c1c[nH]ccc1=O)C1CCCCC1. The van der Waals surface area contributed by atoms with E-state index in [1.165, 1.54) is 24.9 Å². The number of aromatic amines is 1. The van der Waals surface area contributed by atoms with E-state index < -0.39 is 15.5 Å². The number of hydrogen-bond acceptors (Lipinski definition) is 3. The Hall–Kier alpha value is -1.14. The van der Waals surface area contributed by atoms with E-state index in [0.717, 1.165) is 25.7 Å². The molecule has 106 valence electrons. The van der Waals surface area contributed by atoms with Crippen LogP contribution in [0, 0.1) is 5.92 Å². The fourth-order valence-electron chi connectivity index (χ4n) is 2.65. The van der Waals surface area contributed by atoms with Gasteiger partial charge in [0.25, 0.3) is 0 Å². The molecule has 0 spiro atoms. The summed E-state index contributed by atoms with van der Waals surface area (Å²) in [7, 11) is -3.73. The van der Waals surface area contributed by atoms with Gasteiger partial charge in [0.1, 0.15) is 4.90 Å². The van der Waals surface area contributed by atoms with Crippen LogP contribution < -0.4 is 10.2 Å². The Morgan fingerprint density at radius 2 is 2.00 bits per heavy atom. The molecule has 5 nitrogen and oxygen atoms in total. The molecule has 0 saturated heterocycles. The topological polar surface area (TPSA) is 79.0 Å². The van der Waals surface area contributed by atoms with E-state index in [9.17, 15) is 13.2 Å². The average Bonchev–Trinajstić information content (AvgIpc) is 2.39. The van der Waals surface area contributed by atoms with Gasteiger partial charge in [0.05, 0.1) is 0 Å². The second-order valence-corrected chi connectivity index (χ2v) is 6.86. The fraction of sp³-hybridized carbons (Fsp3) is 0.615. The predicted molar refractivity (Wildman–Crippen MR) is 73.4 cm³/mol. The van der Waals surface area contributed by atoms with Crippen molar-refractivity contribution in [2.45, 2.75) is 50.0 Å². The average molecular weight is 284 g/mol. The van der Waals surface area contributed by atoms with Crippen molar-refractivity contribution < 1.29 is 8.42 Å². The zero-order valence-electron chi connectivity index (χ0n) is 11.1. The van der Waals surface area contributed by atoms with Crippen molar-refractivity contribution in [1.82, 2.24) is 9.71 Å². The van der Waals surface area contributed by atoms with Crippen LogP contribution in [0.2, 0.25) is 0 Å². The summed E-state index contributed by atoms with van der Waals surface area (Å²) < 4.78 is 27.0. The molecule has 1 atom stereocenters. The molecule has 1 unspecified atom stereocenters. The first-order valence-corrected chi connectivity index (χ1v) is 8.18. The van der Waals surface area contributed by atoms with Crippen molar-refractivity contribution in [2.24, 2.45) is 5.92 Å². The fourth-order valence-corrected chi connectivity index (χ4v) is 4.01. The minimum Gasteiger partial charge on any atom is -0.366 e. The van der Waals surface area contributed by atoms with Crippen LogP contribution in [-0.4, -0.2) is 19.4 Å². The molecular weight excluding hydrogens is 264 g/mol. The lowest BCUT2D eigenvalue weighted by Gasteiger charge is -2.27. The summed E-state index contributed by atoms with van der Waals surface area (Å²) in [4.78, 5) is 14.0. The molecule has 2 rings (SSSR count). The first kappa shape index (κ1) is 14.3. The van der Waals surface area contributed by atoms with Crippen molar-refractivity contribution in [3.8, 4) is 0 Å². The maximum Gasteiger partial charge on any atom is 0.246 e. The van der Waals surface area contributed by atoms with Gasteiger partial charge in [0, 0.05) is 24.5 Å². The van der Waals surface area contributed by atoms with E-state index in [1.807, 2.05) is 6.92 Å². The zero-order valence-corrected chi connectivity index (χ0v) is 11.9. The number of hydrogen-bond donors (Lipinski definition) is 2.